The Morgan fingerprint density at radius 2 is 1.91 bits per heavy atom. The number of likely N-dealkylation sites (tertiary alicyclic amines) is 1. The Balaban J connectivity index is 1.68. The van der Waals surface area contributed by atoms with Gasteiger partial charge >= 0.3 is 5.76 Å². The Morgan fingerprint density at radius 3 is 2.65 bits per heavy atom. The highest BCUT2D eigenvalue weighted by Gasteiger charge is 2.18. The Labute approximate surface area is 134 Å². The van der Waals surface area contributed by atoms with E-state index in [4.69, 9.17) is 4.52 Å². The molecule has 1 aromatic heterocycles. The van der Waals surface area contributed by atoms with E-state index in [1.165, 1.54) is 17.4 Å². The first kappa shape index (κ1) is 15.7. The van der Waals surface area contributed by atoms with Gasteiger partial charge in [-0.2, -0.15) is 0 Å². The van der Waals surface area contributed by atoms with Crippen molar-refractivity contribution in [2.45, 2.75) is 25.5 Å². The van der Waals surface area contributed by atoms with Crippen LogP contribution in [-0.4, -0.2) is 45.5 Å². The standard InChI is InChI=1S/C17H21N3O3/c21-15(12-19-10-4-5-11-19)13-20-16(18-23-17(20)22)9-8-14-6-2-1-3-7-14/h1-3,6-9,15,21H,4-5,10-13H2/b9-8+. The van der Waals surface area contributed by atoms with E-state index in [-0.39, 0.29) is 6.54 Å². The molecule has 23 heavy (non-hydrogen) atoms. The van der Waals surface area contributed by atoms with Crippen molar-refractivity contribution in [2.75, 3.05) is 19.6 Å². The number of aliphatic hydroxyl groups is 1. The van der Waals surface area contributed by atoms with E-state index < -0.39 is 11.9 Å². The lowest BCUT2D eigenvalue weighted by Gasteiger charge is -2.19. The molecular formula is C17H21N3O3. The molecule has 2 aromatic rings. The zero-order valence-electron chi connectivity index (χ0n) is 13.0. The van der Waals surface area contributed by atoms with E-state index in [1.54, 1.807) is 6.08 Å². The van der Waals surface area contributed by atoms with Crippen molar-refractivity contribution in [3.8, 4) is 0 Å². The van der Waals surface area contributed by atoms with Gasteiger partial charge in [0, 0.05) is 6.54 Å². The Kier molecular flexibility index (Phi) is 5.05. The zero-order chi connectivity index (χ0) is 16.1. The van der Waals surface area contributed by atoms with E-state index in [0.29, 0.717) is 12.4 Å². The molecule has 1 N–H and O–H groups in total. The van der Waals surface area contributed by atoms with E-state index in [2.05, 4.69) is 10.1 Å². The van der Waals surface area contributed by atoms with Crippen LogP contribution in [0.1, 0.15) is 24.2 Å². The van der Waals surface area contributed by atoms with Crippen LogP contribution in [0, 0.1) is 0 Å². The Morgan fingerprint density at radius 1 is 1.17 bits per heavy atom. The molecule has 1 aliphatic heterocycles. The minimum Gasteiger partial charge on any atom is -0.390 e. The fourth-order valence-corrected chi connectivity index (χ4v) is 2.83. The minimum atomic E-state index is -0.617. The number of aromatic nitrogens is 2. The molecule has 3 rings (SSSR count). The molecule has 0 bridgehead atoms. The first-order chi connectivity index (χ1) is 11.2. The maximum absolute atomic E-state index is 11.8. The molecular weight excluding hydrogens is 294 g/mol. The first-order valence-corrected chi connectivity index (χ1v) is 7.92. The lowest BCUT2D eigenvalue weighted by atomic mass is 10.2. The van der Waals surface area contributed by atoms with Crippen LogP contribution in [0.4, 0.5) is 0 Å². The number of hydrogen-bond acceptors (Lipinski definition) is 5. The van der Waals surface area contributed by atoms with Crippen molar-refractivity contribution in [1.82, 2.24) is 14.6 Å². The van der Waals surface area contributed by atoms with Gasteiger partial charge in [0.2, 0.25) is 0 Å². The van der Waals surface area contributed by atoms with Crippen LogP contribution in [0.3, 0.4) is 0 Å². The third-order valence-electron chi connectivity index (χ3n) is 4.00. The molecule has 0 saturated carbocycles. The van der Waals surface area contributed by atoms with Crippen LogP contribution in [-0.2, 0) is 6.54 Å². The van der Waals surface area contributed by atoms with Gasteiger partial charge in [0.05, 0.1) is 12.6 Å². The third-order valence-corrected chi connectivity index (χ3v) is 4.00. The fraction of sp³-hybridized carbons (Fsp3) is 0.412. The summed E-state index contributed by atoms with van der Waals surface area (Å²) in [5.41, 5.74) is 1.01. The predicted octanol–water partition coefficient (Wildman–Crippen LogP) is 1.46. The van der Waals surface area contributed by atoms with Gasteiger partial charge in [-0.1, -0.05) is 41.6 Å². The van der Waals surface area contributed by atoms with Crippen molar-refractivity contribution in [2.24, 2.45) is 0 Å². The second-order valence-corrected chi connectivity index (χ2v) is 5.82. The summed E-state index contributed by atoms with van der Waals surface area (Å²) < 4.78 is 6.11. The van der Waals surface area contributed by atoms with Crippen LogP contribution in [0.15, 0.2) is 39.6 Å². The monoisotopic (exact) mass is 315 g/mol. The number of nitrogens with zero attached hydrogens (tertiary/aromatic N) is 3. The van der Waals surface area contributed by atoms with E-state index in [9.17, 15) is 9.90 Å². The molecule has 0 amide bonds. The zero-order valence-corrected chi connectivity index (χ0v) is 13.0. The van der Waals surface area contributed by atoms with Crippen molar-refractivity contribution in [1.29, 1.82) is 0 Å². The summed E-state index contributed by atoms with van der Waals surface area (Å²) >= 11 is 0. The summed E-state index contributed by atoms with van der Waals surface area (Å²) in [7, 11) is 0. The van der Waals surface area contributed by atoms with Gasteiger partial charge < -0.3 is 10.0 Å². The van der Waals surface area contributed by atoms with E-state index in [0.717, 1.165) is 18.7 Å². The highest BCUT2D eigenvalue weighted by atomic mass is 16.5. The van der Waals surface area contributed by atoms with Crippen LogP contribution < -0.4 is 5.76 Å². The highest BCUT2D eigenvalue weighted by molar-refractivity contribution is 5.66. The summed E-state index contributed by atoms with van der Waals surface area (Å²) in [4.78, 5) is 14.0. The summed E-state index contributed by atoms with van der Waals surface area (Å²) in [6.45, 7) is 2.78. The topological polar surface area (TPSA) is 71.5 Å². The second-order valence-electron chi connectivity index (χ2n) is 5.82. The minimum absolute atomic E-state index is 0.188. The number of benzene rings is 1. The van der Waals surface area contributed by atoms with Crippen molar-refractivity contribution < 1.29 is 9.63 Å². The summed E-state index contributed by atoms with van der Waals surface area (Å²) in [5, 5.41) is 14.0. The normalized spacial score (nSPS) is 17.1. The lowest BCUT2D eigenvalue weighted by Crippen LogP contribution is -2.35. The van der Waals surface area contributed by atoms with Crippen LogP contribution in [0.2, 0.25) is 0 Å². The quantitative estimate of drug-likeness (QED) is 0.874. The fourth-order valence-electron chi connectivity index (χ4n) is 2.83. The summed E-state index contributed by atoms with van der Waals surface area (Å²) in [6.07, 6.45) is 5.31. The molecule has 1 aromatic carbocycles. The summed E-state index contributed by atoms with van der Waals surface area (Å²) in [6, 6.07) is 9.74. The van der Waals surface area contributed by atoms with Crippen LogP contribution in [0.25, 0.3) is 12.2 Å². The molecule has 0 radical (unpaired) electrons. The molecule has 1 fully saturated rings. The first-order valence-electron chi connectivity index (χ1n) is 7.92. The maximum atomic E-state index is 11.8. The number of aliphatic hydroxyl groups excluding tert-OH is 1. The molecule has 6 nitrogen and oxygen atoms in total. The van der Waals surface area contributed by atoms with E-state index >= 15 is 0 Å². The van der Waals surface area contributed by atoms with Crippen molar-refractivity contribution >= 4 is 12.2 Å². The van der Waals surface area contributed by atoms with Gasteiger partial charge in [-0.15, -0.1) is 0 Å². The van der Waals surface area contributed by atoms with Crippen molar-refractivity contribution in [3.63, 3.8) is 0 Å². The van der Waals surface area contributed by atoms with Crippen LogP contribution >= 0.6 is 0 Å². The van der Waals surface area contributed by atoms with Crippen LogP contribution in [0.5, 0.6) is 0 Å². The summed E-state index contributed by atoms with van der Waals surface area (Å²) in [5.74, 6) is -0.127. The second kappa shape index (κ2) is 7.39. The smallest absolute Gasteiger partial charge is 0.390 e. The molecule has 1 saturated heterocycles. The predicted molar refractivity (Wildman–Crippen MR) is 87.8 cm³/mol. The third kappa shape index (κ3) is 4.18. The Hall–Kier alpha value is -2.18. The maximum Gasteiger partial charge on any atom is 0.441 e. The van der Waals surface area contributed by atoms with Gasteiger partial charge in [0.1, 0.15) is 0 Å². The molecule has 1 aliphatic rings. The Bertz CT molecular complexity index is 699. The number of hydrogen-bond donors (Lipinski definition) is 1. The molecule has 0 aliphatic carbocycles. The van der Waals surface area contributed by atoms with Gasteiger partial charge in [-0.3, -0.25) is 9.09 Å². The van der Waals surface area contributed by atoms with Gasteiger partial charge in [-0.25, -0.2) is 4.79 Å². The lowest BCUT2D eigenvalue weighted by molar-refractivity contribution is 0.107. The van der Waals surface area contributed by atoms with E-state index in [1.807, 2.05) is 36.4 Å². The SMILES string of the molecule is O=c1onc(/C=C/c2ccccc2)n1CC(O)CN1CCCC1. The molecule has 0 spiro atoms. The molecule has 2 heterocycles. The van der Waals surface area contributed by atoms with Gasteiger partial charge in [-0.05, 0) is 37.6 Å². The number of β-amino-alcohol motifs (C(OH)–C–C–N with tert-alkyl or cyclic N) is 1. The molecule has 122 valence electrons. The average Bonchev–Trinajstić information content (AvgIpc) is 3.18. The van der Waals surface area contributed by atoms with Crippen molar-refractivity contribution in [3.05, 3.63) is 52.3 Å². The van der Waals surface area contributed by atoms with Gasteiger partial charge in [0.25, 0.3) is 0 Å². The molecule has 1 unspecified atom stereocenters. The average molecular weight is 315 g/mol. The number of rotatable bonds is 6. The highest BCUT2D eigenvalue weighted by Crippen LogP contribution is 2.09. The molecule has 1 atom stereocenters. The van der Waals surface area contributed by atoms with Gasteiger partial charge in [0.15, 0.2) is 5.82 Å². The molecule has 6 heteroatoms. The largest absolute Gasteiger partial charge is 0.441 e.